The summed E-state index contributed by atoms with van der Waals surface area (Å²) in [7, 11) is 1.64. The van der Waals surface area contributed by atoms with Crippen LogP contribution < -0.4 is 10.1 Å². The first-order valence-corrected chi connectivity index (χ1v) is 4.48. The molecule has 1 heterocycles. The van der Waals surface area contributed by atoms with E-state index < -0.39 is 0 Å². The van der Waals surface area contributed by atoms with Crippen molar-refractivity contribution < 1.29 is 4.74 Å². The van der Waals surface area contributed by atoms with Gasteiger partial charge in [-0.05, 0) is 25.1 Å². The molecule has 0 aliphatic rings. The van der Waals surface area contributed by atoms with Gasteiger partial charge in [0.1, 0.15) is 0 Å². The molecule has 3 heteroatoms. The maximum Gasteiger partial charge on any atom is 0.213 e. The van der Waals surface area contributed by atoms with E-state index in [0.29, 0.717) is 5.88 Å². The van der Waals surface area contributed by atoms with Crippen LogP contribution in [0.25, 0.3) is 0 Å². The molecule has 0 atom stereocenters. The Balaban J connectivity index is 2.76. The Labute approximate surface area is 79.1 Å². The van der Waals surface area contributed by atoms with Crippen molar-refractivity contribution in [1.29, 1.82) is 0 Å². The standard InChI is InChI=1S/C10H16N2O/c1-4-11-7-9-5-8(2)12-10(6-9)13-3/h5-6,11H,4,7H2,1-3H3. The van der Waals surface area contributed by atoms with Crippen molar-refractivity contribution >= 4 is 0 Å². The zero-order chi connectivity index (χ0) is 9.68. The Morgan fingerprint density at radius 2 is 2.23 bits per heavy atom. The largest absolute Gasteiger partial charge is 0.481 e. The summed E-state index contributed by atoms with van der Waals surface area (Å²) < 4.78 is 5.08. The summed E-state index contributed by atoms with van der Waals surface area (Å²) >= 11 is 0. The Hall–Kier alpha value is -1.09. The predicted molar refractivity (Wildman–Crippen MR) is 52.9 cm³/mol. The van der Waals surface area contributed by atoms with E-state index in [4.69, 9.17) is 4.74 Å². The maximum atomic E-state index is 5.08. The van der Waals surface area contributed by atoms with Crippen LogP contribution in [0.4, 0.5) is 0 Å². The molecule has 0 radical (unpaired) electrons. The number of aryl methyl sites for hydroxylation is 1. The van der Waals surface area contributed by atoms with Crippen LogP contribution in [0.5, 0.6) is 5.88 Å². The SMILES string of the molecule is CCNCc1cc(C)nc(OC)c1. The fourth-order valence-corrected chi connectivity index (χ4v) is 1.18. The van der Waals surface area contributed by atoms with Crippen molar-refractivity contribution in [3.8, 4) is 5.88 Å². The first-order chi connectivity index (χ1) is 6.26. The molecule has 1 aromatic rings. The fourth-order valence-electron chi connectivity index (χ4n) is 1.18. The number of rotatable bonds is 4. The summed E-state index contributed by atoms with van der Waals surface area (Å²) in [6.07, 6.45) is 0. The third kappa shape index (κ3) is 3.03. The van der Waals surface area contributed by atoms with Gasteiger partial charge in [0.2, 0.25) is 5.88 Å². The molecule has 0 saturated carbocycles. The van der Waals surface area contributed by atoms with Gasteiger partial charge in [-0.2, -0.15) is 0 Å². The van der Waals surface area contributed by atoms with Crippen LogP contribution in [0.15, 0.2) is 12.1 Å². The van der Waals surface area contributed by atoms with Crippen LogP contribution in [-0.4, -0.2) is 18.6 Å². The molecular weight excluding hydrogens is 164 g/mol. The monoisotopic (exact) mass is 180 g/mol. The summed E-state index contributed by atoms with van der Waals surface area (Å²) in [6.45, 7) is 5.91. The number of pyridine rings is 1. The van der Waals surface area contributed by atoms with Crippen LogP contribution in [0.3, 0.4) is 0 Å². The van der Waals surface area contributed by atoms with Crippen LogP contribution in [0, 0.1) is 6.92 Å². The summed E-state index contributed by atoms with van der Waals surface area (Å²) in [4.78, 5) is 4.21. The van der Waals surface area contributed by atoms with Crippen molar-refractivity contribution in [2.24, 2.45) is 0 Å². The van der Waals surface area contributed by atoms with Gasteiger partial charge < -0.3 is 10.1 Å². The highest BCUT2D eigenvalue weighted by atomic mass is 16.5. The van der Waals surface area contributed by atoms with E-state index in [9.17, 15) is 0 Å². The lowest BCUT2D eigenvalue weighted by molar-refractivity contribution is 0.396. The van der Waals surface area contributed by atoms with Gasteiger partial charge >= 0.3 is 0 Å². The summed E-state index contributed by atoms with van der Waals surface area (Å²) in [5, 5.41) is 3.26. The molecule has 1 aromatic heterocycles. The van der Waals surface area contributed by atoms with Gasteiger partial charge in [0, 0.05) is 18.3 Å². The molecule has 0 bridgehead atoms. The van der Waals surface area contributed by atoms with Crippen molar-refractivity contribution in [3.63, 3.8) is 0 Å². The molecule has 0 aliphatic heterocycles. The fraction of sp³-hybridized carbons (Fsp3) is 0.500. The molecule has 3 nitrogen and oxygen atoms in total. The number of hydrogen-bond acceptors (Lipinski definition) is 3. The minimum absolute atomic E-state index is 0.688. The molecule has 0 aliphatic carbocycles. The molecule has 0 fully saturated rings. The second kappa shape index (κ2) is 4.82. The second-order valence-electron chi connectivity index (χ2n) is 2.94. The lowest BCUT2D eigenvalue weighted by atomic mass is 10.2. The minimum atomic E-state index is 0.688. The van der Waals surface area contributed by atoms with Gasteiger partial charge in [-0.3, -0.25) is 0 Å². The third-order valence-electron chi connectivity index (χ3n) is 1.78. The van der Waals surface area contributed by atoms with E-state index in [2.05, 4.69) is 23.3 Å². The lowest BCUT2D eigenvalue weighted by Gasteiger charge is -2.05. The van der Waals surface area contributed by atoms with E-state index in [0.717, 1.165) is 18.8 Å². The molecule has 0 aromatic carbocycles. The summed E-state index contributed by atoms with van der Waals surface area (Å²) in [5.41, 5.74) is 2.21. The highest BCUT2D eigenvalue weighted by molar-refractivity contribution is 5.24. The molecule has 0 amide bonds. The number of ether oxygens (including phenoxy) is 1. The summed E-state index contributed by atoms with van der Waals surface area (Å²) in [6, 6.07) is 4.01. The average Bonchev–Trinajstić information content (AvgIpc) is 2.14. The molecule has 0 spiro atoms. The number of hydrogen-bond donors (Lipinski definition) is 1. The first-order valence-electron chi connectivity index (χ1n) is 4.48. The normalized spacial score (nSPS) is 10.1. The van der Waals surface area contributed by atoms with Crippen LogP contribution in [0.1, 0.15) is 18.2 Å². The van der Waals surface area contributed by atoms with Crippen molar-refractivity contribution in [2.45, 2.75) is 20.4 Å². The Bertz CT molecular complexity index is 274. The number of methoxy groups -OCH3 is 1. The van der Waals surface area contributed by atoms with E-state index >= 15 is 0 Å². The van der Waals surface area contributed by atoms with Gasteiger partial charge in [0.25, 0.3) is 0 Å². The van der Waals surface area contributed by atoms with Crippen molar-refractivity contribution in [2.75, 3.05) is 13.7 Å². The van der Waals surface area contributed by atoms with E-state index in [1.54, 1.807) is 7.11 Å². The quantitative estimate of drug-likeness (QED) is 0.762. The molecule has 13 heavy (non-hydrogen) atoms. The van der Waals surface area contributed by atoms with Gasteiger partial charge in [-0.25, -0.2) is 4.98 Å². The zero-order valence-corrected chi connectivity index (χ0v) is 8.42. The van der Waals surface area contributed by atoms with Gasteiger partial charge in [0.15, 0.2) is 0 Å². The number of nitrogens with one attached hydrogen (secondary N) is 1. The topological polar surface area (TPSA) is 34.2 Å². The Morgan fingerprint density at radius 3 is 2.85 bits per heavy atom. The molecular formula is C10H16N2O. The van der Waals surface area contributed by atoms with Crippen LogP contribution >= 0.6 is 0 Å². The Morgan fingerprint density at radius 1 is 1.46 bits per heavy atom. The molecule has 1 N–H and O–H groups in total. The molecule has 0 saturated heterocycles. The van der Waals surface area contributed by atoms with Crippen molar-refractivity contribution in [3.05, 3.63) is 23.4 Å². The average molecular weight is 180 g/mol. The van der Waals surface area contributed by atoms with Crippen LogP contribution in [0.2, 0.25) is 0 Å². The van der Waals surface area contributed by atoms with Gasteiger partial charge in [0.05, 0.1) is 7.11 Å². The van der Waals surface area contributed by atoms with Gasteiger partial charge in [-0.1, -0.05) is 6.92 Å². The molecule has 0 unspecified atom stereocenters. The minimum Gasteiger partial charge on any atom is -0.481 e. The van der Waals surface area contributed by atoms with Crippen molar-refractivity contribution in [1.82, 2.24) is 10.3 Å². The Kier molecular flexibility index (Phi) is 3.71. The molecule has 1 rings (SSSR count). The molecule has 72 valence electrons. The summed E-state index contributed by atoms with van der Waals surface area (Å²) in [5.74, 6) is 0.688. The maximum absolute atomic E-state index is 5.08. The second-order valence-corrected chi connectivity index (χ2v) is 2.94. The number of nitrogens with zero attached hydrogens (tertiary/aromatic N) is 1. The number of aromatic nitrogens is 1. The highest BCUT2D eigenvalue weighted by Gasteiger charge is 1.98. The van der Waals surface area contributed by atoms with E-state index in [1.807, 2.05) is 13.0 Å². The van der Waals surface area contributed by atoms with E-state index in [-0.39, 0.29) is 0 Å². The highest BCUT2D eigenvalue weighted by Crippen LogP contribution is 2.11. The first kappa shape index (κ1) is 9.99. The van der Waals surface area contributed by atoms with Gasteiger partial charge in [-0.15, -0.1) is 0 Å². The van der Waals surface area contributed by atoms with Crippen LogP contribution in [-0.2, 0) is 6.54 Å². The smallest absolute Gasteiger partial charge is 0.213 e. The zero-order valence-electron chi connectivity index (χ0n) is 8.42. The predicted octanol–water partition coefficient (Wildman–Crippen LogP) is 1.51. The van der Waals surface area contributed by atoms with E-state index in [1.165, 1.54) is 5.56 Å². The third-order valence-corrected chi connectivity index (χ3v) is 1.78. The lowest BCUT2D eigenvalue weighted by Crippen LogP contribution is -2.12.